The Morgan fingerprint density at radius 3 is 2.68 bits per heavy atom. The molecule has 2 aliphatic rings. The van der Waals surface area contributed by atoms with Gasteiger partial charge < -0.3 is 15.4 Å². The fourth-order valence-electron chi connectivity index (χ4n) is 3.48. The molecule has 0 unspecified atom stereocenters. The lowest BCUT2D eigenvalue weighted by Gasteiger charge is -2.21. The van der Waals surface area contributed by atoms with E-state index < -0.39 is 0 Å². The van der Waals surface area contributed by atoms with Gasteiger partial charge in [-0.1, -0.05) is 11.3 Å². The van der Waals surface area contributed by atoms with Gasteiger partial charge in [0.2, 0.25) is 0 Å². The van der Waals surface area contributed by atoms with Gasteiger partial charge in [0.25, 0.3) is 11.1 Å². The van der Waals surface area contributed by atoms with Crippen LogP contribution in [0.25, 0.3) is 0 Å². The molecule has 3 atom stereocenters. The number of fused-ring (bicyclic) bond motifs is 2. The Morgan fingerprint density at radius 2 is 2.08 bits per heavy atom. The number of hydrogen-bond acceptors (Lipinski definition) is 6. The molecule has 3 heterocycles. The van der Waals surface area contributed by atoms with Crippen LogP contribution in [0.4, 0.5) is 0 Å². The molecule has 0 radical (unpaired) electrons. The van der Waals surface area contributed by atoms with Crippen molar-refractivity contribution in [2.45, 2.75) is 44.3 Å². The average Bonchev–Trinajstić information content (AvgIpc) is 3.32. The van der Waals surface area contributed by atoms with Gasteiger partial charge in [-0.15, -0.1) is 0 Å². The van der Waals surface area contributed by atoms with Gasteiger partial charge in [0, 0.05) is 36.0 Å². The van der Waals surface area contributed by atoms with Crippen LogP contribution < -0.4 is 15.4 Å². The Bertz CT molecular complexity index is 802. The summed E-state index contributed by atoms with van der Waals surface area (Å²) in [6.07, 6.45) is 3.36. The predicted octanol–water partition coefficient (Wildman–Crippen LogP) is 2.76. The molecule has 6 nitrogen and oxygen atoms in total. The Labute approximate surface area is 149 Å². The van der Waals surface area contributed by atoms with Crippen LogP contribution in [0.2, 0.25) is 0 Å². The molecule has 0 spiro atoms. The molecule has 1 amide bonds. The van der Waals surface area contributed by atoms with Crippen molar-refractivity contribution in [3.05, 3.63) is 40.9 Å². The number of ketones is 1. The number of hydrogen-bond donors (Lipinski definition) is 2. The topological polar surface area (TPSA) is 80.3 Å². The number of aromatic nitrogens is 1. The molecule has 2 aromatic rings. The third kappa shape index (κ3) is 3.43. The van der Waals surface area contributed by atoms with Crippen molar-refractivity contribution in [1.29, 1.82) is 0 Å². The van der Waals surface area contributed by atoms with Crippen LogP contribution in [-0.2, 0) is 0 Å². The van der Waals surface area contributed by atoms with E-state index in [2.05, 4.69) is 15.6 Å². The third-order valence-corrected chi connectivity index (χ3v) is 5.50. The molecule has 0 saturated carbocycles. The Balaban J connectivity index is 1.37. The molecule has 1 aromatic heterocycles. The van der Waals surface area contributed by atoms with Crippen LogP contribution in [0, 0.1) is 0 Å². The van der Waals surface area contributed by atoms with Crippen molar-refractivity contribution >= 4 is 23.0 Å². The van der Waals surface area contributed by atoms with E-state index in [1.54, 1.807) is 29.6 Å². The summed E-state index contributed by atoms with van der Waals surface area (Å²) in [6, 6.07) is 8.16. The van der Waals surface area contributed by atoms with Crippen LogP contribution in [0.5, 0.6) is 10.9 Å². The molecule has 2 fully saturated rings. The highest BCUT2D eigenvalue weighted by atomic mass is 32.1. The highest BCUT2D eigenvalue weighted by Gasteiger charge is 2.39. The molecule has 130 valence electrons. The second-order valence-corrected chi connectivity index (χ2v) is 7.37. The quantitative estimate of drug-likeness (QED) is 0.805. The van der Waals surface area contributed by atoms with E-state index in [4.69, 9.17) is 4.74 Å². The van der Waals surface area contributed by atoms with Gasteiger partial charge in [0.05, 0.1) is 0 Å². The summed E-state index contributed by atoms with van der Waals surface area (Å²) in [5.74, 6) is 0.440. The maximum Gasteiger partial charge on any atom is 0.279 e. The fourth-order valence-corrected chi connectivity index (χ4v) is 4.20. The third-order valence-electron chi connectivity index (χ3n) is 4.78. The van der Waals surface area contributed by atoms with Crippen molar-refractivity contribution in [3.63, 3.8) is 0 Å². The summed E-state index contributed by atoms with van der Waals surface area (Å²) < 4.78 is 5.63. The van der Waals surface area contributed by atoms with Gasteiger partial charge in [-0.2, -0.15) is 4.98 Å². The zero-order valence-corrected chi connectivity index (χ0v) is 14.6. The molecule has 0 aliphatic carbocycles. The van der Waals surface area contributed by atoms with E-state index in [0.29, 0.717) is 34.3 Å². The molecule has 2 bridgehead atoms. The van der Waals surface area contributed by atoms with E-state index >= 15 is 0 Å². The van der Waals surface area contributed by atoms with Crippen LogP contribution in [0.1, 0.15) is 47.0 Å². The Kier molecular flexibility index (Phi) is 4.27. The number of ether oxygens (including phenoxy) is 1. The predicted molar refractivity (Wildman–Crippen MR) is 94.5 cm³/mol. The average molecular weight is 357 g/mol. The largest absolute Gasteiger partial charge is 0.431 e. The Hall–Kier alpha value is -2.25. The molecule has 2 aliphatic heterocycles. The van der Waals surface area contributed by atoms with Crippen LogP contribution in [-0.4, -0.2) is 34.8 Å². The number of nitrogens with one attached hydrogen (secondary N) is 2. The zero-order chi connectivity index (χ0) is 17.4. The maximum atomic E-state index is 12.4. The minimum absolute atomic E-state index is 0.0565. The van der Waals surface area contributed by atoms with Gasteiger partial charge in [0.1, 0.15) is 11.4 Å². The molecular formula is C18H19N3O3S. The number of thiazole rings is 1. The van der Waals surface area contributed by atoms with Gasteiger partial charge in [-0.3, -0.25) is 9.59 Å². The first kappa shape index (κ1) is 16.2. The first-order chi connectivity index (χ1) is 12.1. The molecule has 2 saturated heterocycles. The fraction of sp³-hybridized carbons (Fsp3) is 0.389. The van der Waals surface area contributed by atoms with Crippen LogP contribution in [0.15, 0.2) is 29.6 Å². The smallest absolute Gasteiger partial charge is 0.279 e. The van der Waals surface area contributed by atoms with Crippen molar-refractivity contribution in [2.75, 3.05) is 0 Å². The first-order valence-corrected chi connectivity index (χ1v) is 9.28. The summed E-state index contributed by atoms with van der Waals surface area (Å²) in [6.45, 7) is 1.47. The van der Waals surface area contributed by atoms with Crippen molar-refractivity contribution < 1.29 is 14.3 Å². The normalized spacial score (nSPS) is 24.3. The number of amides is 1. The summed E-state index contributed by atoms with van der Waals surface area (Å²) in [4.78, 5) is 27.8. The lowest BCUT2D eigenvalue weighted by molar-refractivity contribution is 0.0930. The monoisotopic (exact) mass is 357 g/mol. The standard InChI is InChI=1S/C18H19N3O3S/c1-10(22)16-9-25-18(21-16)24-13-5-2-11(3-6-13)17(23)20-15-8-12-4-7-14(15)19-12/h2-3,5-6,9,12,14-15,19H,4,7-8H2,1H3,(H,20,23)/t12-,14+,15-/m1/s1. The Morgan fingerprint density at radius 1 is 1.28 bits per heavy atom. The summed E-state index contributed by atoms with van der Waals surface area (Å²) >= 11 is 1.27. The van der Waals surface area contributed by atoms with E-state index in [1.165, 1.54) is 24.7 Å². The van der Waals surface area contributed by atoms with E-state index in [0.717, 1.165) is 12.8 Å². The molecule has 1 aromatic carbocycles. The summed E-state index contributed by atoms with van der Waals surface area (Å²) in [5.41, 5.74) is 1.01. The van der Waals surface area contributed by atoms with Crippen LogP contribution >= 0.6 is 11.3 Å². The minimum atomic E-state index is -0.0896. The van der Waals surface area contributed by atoms with E-state index in [9.17, 15) is 9.59 Å². The van der Waals surface area contributed by atoms with Gasteiger partial charge in [0.15, 0.2) is 5.78 Å². The minimum Gasteiger partial charge on any atom is -0.431 e. The summed E-state index contributed by atoms with van der Waals surface area (Å²) in [5, 5.41) is 8.72. The number of carbonyl (C=O) groups is 2. The van der Waals surface area contributed by atoms with Crippen molar-refractivity contribution in [2.24, 2.45) is 0 Å². The van der Waals surface area contributed by atoms with Crippen molar-refractivity contribution in [3.8, 4) is 10.9 Å². The lowest BCUT2D eigenvalue weighted by atomic mass is 9.95. The number of nitrogens with zero attached hydrogens (tertiary/aromatic N) is 1. The van der Waals surface area contributed by atoms with Crippen LogP contribution in [0.3, 0.4) is 0 Å². The second-order valence-electron chi connectivity index (χ2n) is 6.54. The zero-order valence-electron chi connectivity index (χ0n) is 13.8. The highest BCUT2D eigenvalue weighted by Crippen LogP contribution is 2.29. The molecule has 25 heavy (non-hydrogen) atoms. The van der Waals surface area contributed by atoms with Gasteiger partial charge in [-0.25, -0.2) is 0 Å². The number of carbonyl (C=O) groups excluding carboxylic acids is 2. The second kappa shape index (κ2) is 6.57. The number of benzene rings is 1. The first-order valence-electron chi connectivity index (χ1n) is 8.40. The SMILES string of the molecule is CC(=O)c1csc(Oc2ccc(C(=O)N[C@@H]3C[C@H]4CC[C@@H]3N4)cc2)n1. The lowest BCUT2D eigenvalue weighted by Crippen LogP contribution is -2.42. The number of rotatable bonds is 5. The van der Waals surface area contributed by atoms with Gasteiger partial charge in [-0.05, 0) is 43.5 Å². The van der Waals surface area contributed by atoms with Crippen molar-refractivity contribution in [1.82, 2.24) is 15.6 Å². The molecule has 2 N–H and O–H groups in total. The molecular weight excluding hydrogens is 338 g/mol. The number of Topliss-reactive ketones (excluding diaryl/α,β-unsaturated/α-hetero) is 1. The van der Waals surface area contributed by atoms with E-state index in [-0.39, 0.29) is 17.7 Å². The van der Waals surface area contributed by atoms with E-state index in [1.807, 2.05) is 0 Å². The highest BCUT2D eigenvalue weighted by molar-refractivity contribution is 7.11. The molecule has 4 rings (SSSR count). The van der Waals surface area contributed by atoms with Gasteiger partial charge >= 0.3 is 0 Å². The maximum absolute atomic E-state index is 12.4. The summed E-state index contributed by atoms with van der Waals surface area (Å²) in [7, 11) is 0. The molecule has 7 heteroatoms.